The van der Waals surface area contributed by atoms with Crippen LogP contribution in [0.3, 0.4) is 0 Å². The van der Waals surface area contributed by atoms with Crippen LogP contribution in [0, 0.1) is 6.92 Å². The molecule has 2 aromatic carbocycles. The Balaban J connectivity index is 1.48. The van der Waals surface area contributed by atoms with E-state index in [0.29, 0.717) is 36.8 Å². The average Bonchev–Trinajstić information content (AvgIpc) is 3.11. The number of benzene rings is 2. The lowest BCUT2D eigenvalue weighted by atomic mass is 10.0. The molecule has 35 heavy (non-hydrogen) atoms. The van der Waals surface area contributed by atoms with Crippen molar-refractivity contribution in [3.8, 4) is 11.5 Å². The fourth-order valence-electron chi connectivity index (χ4n) is 5.41. The van der Waals surface area contributed by atoms with Crippen molar-refractivity contribution in [3.05, 3.63) is 53.1 Å². The van der Waals surface area contributed by atoms with Gasteiger partial charge in [-0.15, -0.1) is 0 Å². The monoisotopic (exact) mass is 481 g/mol. The zero-order valence-electron chi connectivity index (χ0n) is 21.7. The minimum atomic E-state index is -0.214. The molecule has 2 heterocycles. The highest BCUT2D eigenvalue weighted by atomic mass is 16.5. The number of likely N-dealkylation sites (N-methyl/N-ethyl adjacent to an activating group) is 1. The summed E-state index contributed by atoms with van der Waals surface area (Å²) >= 11 is 0. The minimum absolute atomic E-state index is 0.0725. The highest BCUT2D eigenvalue weighted by Gasteiger charge is 2.39. The number of amides is 1. The van der Waals surface area contributed by atoms with Crippen LogP contribution in [0.5, 0.6) is 11.5 Å². The van der Waals surface area contributed by atoms with E-state index in [-0.39, 0.29) is 11.9 Å². The number of ether oxygens (including phenoxy) is 3. The number of nitrogens with one attached hydrogen (secondary N) is 1. The molecule has 2 bridgehead atoms. The molecule has 2 saturated heterocycles. The molecule has 1 N–H and O–H groups in total. The third-order valence-electron chi connectivity index (χ3n) is 7.37. The fourth-order valence-corrected chi connectivity index (χ4v) is 5.41. The number of nitrogens with zero attached hydrogens (tertiary/aromatic N) is 2. The van der Waals surface area contributed by atoms with Crippen molar-refractivity contribution in [1.82, 2.24) is 10.2 Å². The summed E-state index contributed by atoms with van der Waals surface area (Å²) < 4.78 is 16.3. The number of carbonyl (C=O) groups is 1. The molecule has 1 unspecified atom stereocenters. The van der Waals surface area contributed by atoms with Crippen LogP contribution in [-0.2, 0) is 4.74 Å². The number of hydrogen-bond donors (Lipinski definition) is 1. The van der Waals surface area contributed by atoms with Crippen molar-refractivity contribution in [2.24, 2.45) is 0 Å². The van der Waals surface area contributed by atoms with Gasteiger partial charge in [0.05, 0.1) is 19.8 Å². The van der Waals surface area contributed by atoms with Gasteiger partial charge in [0, 0.05) is 49.6 Å². The van der Waals surface area contributed by atoms with E-state index in [2.05, 4.69) is 40.2 Å². The lowest BCUT2D eigenvalue weighted by Crippen LogP contribution is -2.53. The standard InChI is InChI=1S/C28H39N3O4/c1-6-31-23-9-10-24(31)18-30(17-23)22-8-7-19(2)27(15-22)28(32)29-20(3)21-13-25(34-5)16-26(14-21)35-12-11-33-4/h7-8,13-16,20,23-24H,6,9-12,17-18H2,1-5H3,(H,29,32)/t20?,23-,24+. The summed E-state index contributed by atoms with van der Waals surface area (Å²) in [6, 6.07) is 13.0. The van der Waals surface area contributed by atoms with Gasteiger partial charge in [0.25, 0.3) is 5.91 Å². The van der Waals surface area contributed by atoms with Gasteiger partial charge in [0.1, 0.15) is 18.1 Å². The second-order valence-electron chi connectivity index (χ2n) is 9.60. The van der Waals surface area contributed by atoms with Crippen molar-refractivity contribution in [1.29, 1.82) is 0 Å². The average molecular weight is 482 g/mol. The molecule has 2 aliphatic rings. The highest BCUT2D eigenvalue weighted by molar-refractivity contribution is 5.96. The first-order chi connectivity index (χ1) is 16.9. The van der Waals surface area contributed by atoms with Crippen molar-refractivity contribution in [2.75, 3.05) is 52.0 Å². The SMILES string of the molecule is CCN1[C@@H]2CC[C@H]1CN(c1ccc(C)c(C(=O)NC(C)c3cc(OC)cc(OCCOC)c3)c1)C2. The number of aryl methyl sites for hydroxylation is 1. The molecule has 4 rings (SSSR count). The van der Waals surface area contributed by atoms with Crippen LogP contribution in [-0.4, -0.2) is 70.0 Å². The van der Waals surface area contributed by atoms with E-state index in [4.69, 9.17) is 14.2 Å². The van der Waals surface area contributed by atoms with E-state index in [1.165, 1.54) is 12.8 Å². The minimum Gasteiger partial charge on any atom is -0.497 e. The van der Waals surface area contributed by atoms with E-state index in [9.17, 15) is 4.79 Å². The zero-order chi connectivity index (χ0) is 24.9. The van der Waals surface area contributed by atoms with Gasteiger partial charge in [-0.2, -0.15) is 0 Å². The lowest BCUT2D eigenvalue weighted by molar-refractivity contribution is 0.0939. The van der Waals surface area contributed by atoms with E-state index < -0.39 is 0 Å². The number of carbonyl (C=O) groups excluding carboxylic acids is 1. The fraction of sp³-hybridized carbons (Fsp3) is 0.536. The molecule has 0 aromatic heterocycles. The van der Waals surface area contributed by atoms with E-state index >= 15 is 0 Å². The van der Waals surface area contributed by atoms with Crippen molar-refractivity contribution in [2.45, 2.75) is 51.7 Å². The normalized spacial score (nSPS) is 20.5. The molecule has 7 heteroatoms. The van der Waals surface area contributed by atoms with Crippen molar-refractivity contribution >= 4 is 11.6 Å². The van der Waals surface area contributed by atoms with Crippen LogP contribution in [0.1, 0.15) is 54.2 Å². The van der Waals surface area contributed by atoms with Gasteiger partial charge in [0.2, 0.25) is 0 Å². The second kappa shape index (κ2) is 11.3. The summed E-state index contributed by atoms with van der Waals surface area (Å²) in [7, 11) is 3.27. The number of fused-ring (bicyclic) bond motifs is 2. The van der Waals surface area contributed by atoms with Gasteiger partial charge in [0.15, 0.2) is 0 Å². The van der Waals surface area contributed by atoms with E-state index in [0.717, 1.165) is 42.0 Å². The molecular weight excluding hydrogens is 442 g/mol. The van der Waals surface area contributed by atoms with Crippen LogP contribution in [0.4, 0.5) is 5.69 Å². The van der Waals surface area contributed by atoms with Crippen molar-refractivity contribution < 1.29 is 19.0 Å². The van der Waals surface area contributed by atoms with Gasteiger partial charge in [-0.3, -0.25) is 9.69 Å². The molecule has 2 fully saturated rings. The van der Waals surface area contributed by atoms with E-state index in [1.54, 1.807) is 14.2 Å². The predicted molar refractivity (Wildman–Crippen MR) is 139 cm³/mol. The molecule has 7 nitrogen and oxygen atoms in total. The first-order valence-corrected chi connectivity index (χ1v) is 12.7. The molecule has 0 spiro atoms. The first kappa shape index (κ1) is 25.3. The maximum atomic E-state index is 13.4. The molecule has 2 aliphatic heterocycles. The first-order valence-electron chi connectivity index (χ1n) is 12.7. The Kier molecular flexibility index (Phi) is 8.19. The summed E-state index contributed by atoms with van der Waals surface area (Å²) in [5, 5.41) is 3.17. The maximum Gasteiger partial charge on any atom is 0.252 e. The van der Waals surface area contributed by atoms with Gasteiger partial charge in [-0.25, -0.2) is 0 Å². The molecule has 2 aromatic rings. The number of hydrogen-bond acceptors (Lipinski definition) is 6. The molecule has 0 radical (unpaired) electrons. The Morgan fingerprint density at radius 1 is 1.06 bits per heavy atom. The number of anilines is 1. The van der Waals surface area contributed by atoms with Crippen LogP contribution >= 0.6 is 0 Å². The van der Waals surface area contributed by atoms with Crippen LogP contribution in [0.2, 0.25) is 0 Å². The Labute approximate surface area is 209 Å². The summed E-state index contributed by atoms with van der Waals surface area (Å²) in [6.07, 6.45) is 2.53. The van der Waals surface area contributed by atoms with E-state index in [1.807, 2.05) is 32.0 Å². The summed E-state index contributed by atoms with van der Waals surface area (Å²) in [5.74, 6) is 1.31. The Hall–Kier alpha value is -2.77. The second-order valence-corrected chi connectivity index (χ2v) is 9.60. The van der Waals surface area contributed by atoms with Gasteiger partial charge in [-0.1, -0.05) is 13.0 Å². The zero-order valence-corrected chi connectivity index (χ0v) is 21.7. The van der Waals surface area contributed by atoms with Gasteiger partial charge >= 0.3 is 0 Å². The maximum absolute atomic E-state index is 13.4. The Bertz CT molecular complexity index is 1010. The molecule has 1 amide bonds. The summed E-state index contributed by atoms with van der Waals surface area (Å²) in [4.78, 5) is 18.5. The smallest absolute Gasteiger partial charge is 0.252 e. The highest BCUT2D eigenvalue weighted by Crippen LogP contribution is 2.33. The Morgan fingerprint density at radius 3 is 2.43 bits per heavy atom. The van der Waals surface area contributed by atoms with Crippen LogP contribution in [0.25, 0.3) is 0 Å². The van der Waals surface area contributed by atoms with Gasteiger partial charge < -0.3 is 24.4 Å². The van der Waals surface area contributed by atoms with Crippen molar-refractivity contribution in [3.63, 3.8) is 0 Å². The third-order valence-corrected chi connectivity index (χ3v) is 7.37. The summed E-state index contributed by atoms with van der Waals surface area (Å²) in [6.45, 7) is 10.4. The predicted octanol–water partition coefficient (Wildman–Crippen LogP) is 4.19. The lowest BCUT2D eigenvalue weighted by Gasteiger charge is -2.41. The molecular formula is C28H39N3O4. The summed E-state index contributed by atoms with van der Waals surface area (Å²) in [5.41, 5.74) is 3.75. The van der Waals surface area contributed by atoms with Crippen LogP contribution in [0.15, 0.2) is 36.4 Å². The topological polar surface area (TPSA) is 63.3 Å². The largest absolute Gasteiger partial charge is 0.497 e. The Morgan fingerprint density at radius 2 is 1.77 bits per heavy atom. The molecule has 0 aliphatic carbocycles. The third kappa shape index (κ3) is 5.73. The number of piperazine rings is 1. The molecule has 3 atom stereocenters. The number of rotatable bonds is 10. The van der Waals surface area contributed by atoms with Crippen LogP contribution < -0.4 is 19.7 Å². The molecule has 190 valence electrons. The quantitative estimate of drug-likeness (QED) is 0.514. The van der Waals surface area contributed by atoms with Gasteiger partial charge in [-0.05, 0) is 68.6 Å². The molecule has 0 saturated carbocycles. The number of methoxy groups -OCH3 is 2.